The summed E-state index contributed by atoms with van der Waals surface area (Å²) in [6.45, 7) is 4.18. The molecule has 10 heteroatoms. The Labute approximate surface area is 215 Å². The van der Waals surface area contributed by atoms with Crippen LogP contribution in [0.25, 0.3) is 0 Å². The summed E-state index contributed by atoms with van der Waals surface area (Å²) in [6.07, 6.45) is 4.59. The average molecular weight is 509 g/mol. The second-order valence-corrected chi connectivity index (χ2v) is 8.97. The van der Waals surface area contributed by atoms with Gasteiger partial charge in [0.1, 0.15) is 11.4 Å². The van der Waals surface area contributed by atoms with E-state index in [1.54, 1.807) is 18.3 Å². The first-order chi connectivity index (χ1) is 17.7. The van der Waals surface area contributed by atoms with Gasteiger partial charge < -0.3 is 25.1 Å². The molecule has 0 aliphatic carbocycles. The van der Waals surface area contributed by atoms with E-state index in [1.807, 2.05) is 32.0 Å². The number of allylic oxidation sites excluding steroid dienone is 1. The maximum atomic E-state index is 13.2. The van der Waals surface area contributed by atoms with E-state index < -0.39 is 18.0 Å². The van der Waals surface area contributed by atoms with Crippen LogP contribution in [0.15, 0.2) is 58.5 Å². The van der Waals surface area contributed by atoms with E-state index in [0.29, 0.717) is 24.2 Å². The second kappa shape index (κ2) is 12.7. The molecule has 1 atom stereocenters. The molecule has 2 amide bonds. The van der Waals surface area contributed by atoms with Gasteiger partial charge in [0, 0.05) is 30.3 Å². The zero-order chi connectivity index (χ0) is 26.9. The number of Topliss-reactive ketones (excluding diaryl/α,β-unsaturated/α-hetero) is 1. The minimum absolute atomic E-state index is 0.0132. The highest BCUT2D eigenvalue weighted by Gasteiger charge is 2.23. The first kappa shape index (κ1) is 27.4. The number of benzene rings is 1. The zero-order valence-corrected chi connectivity index (χ0v) is 21.2. The minimum Gasteiger partial charge on any atom is -0.489 e. The summed E-state index contributed by atoms with van der Waals surface area (Å²) in [5, 5.41) is 2.50. The van der Waals surface area contributed by atoms with Crippen molar-refractivity contribution >= 4 is 29.2 Å². The van der Waals surface area contributed by atoms with Crippen LogP contribution in [0.2, 0.25) is 0 Å². The van der Waals surface area contributed by atoms with Crippen LogP contribution in [0.1, 0.15) is 37.8 Å². The number of alkyl carbamates (subject to hydrolysis) is 1. The molecular weight excluding hydrogens is 476 g/mol. The number of ketones is 1. The summed E-state index contributed by atoms with van der Waals surface area (Å²) in [5.74, 6) is -0.245. The van der Waals surface area contributed by atoms with E-state index in [1.165, 1.54) is 23.8 Å². The number of hydrogen-bond acceptors (Lipinski definition) is 7. The molecule has 0 radical (unpaired) electrons. The number of amides is 2. The van der Waals surface area contributed by atoms with Gasteiger partial charge in [0.05, 0.1) is 25.8 Å². The topological polar surface area (TPSA) is 142 Å². The number of aromatic nitrogens is 1. The third-order valence-electron chi connectivity index (χ3n) is 5.70. The van der Waals surface area contributed by atoms with E-state index in [4.69, 9.17) is 15.5 Å². The number of pyridine rings is 1. The lowest BCUT2D eigenvalue weighted by atomic mass is 10.0. The average Bonchev–Trinajstić information content (AvgIpc) is 3.26. The smallest absolute Gasteiger partial charge is 0.407 e. The zero-order valence-electron chi connectivity index (χ0n) is 21.2. The number of nitrogens with zero attached hydrogens (tertiary/aromatic N) is 2. The third-order valence-corrected chi connectivity index (χ3v) is 5.70. The van der Waals surface area contributed by atoms with Gasteiger partial charge >= 0.3 is 6.09 Å². The maximum absolute atomic E-state index is 13.2. The number of nitrogens with one attached hydrogen (secondary N) is 1. The Bertz CT molecular complexity index is 1280. The van der Waals surface area contributed by atoms with Gasteiger partial charge in [0.2, 0.25) is 5.91 Å². The van der Waals surface area contributed by atoms with Crippen LogP contribution in [-0.2, 0) is 33.7 Å². The fraction of sp³-hybridized carbons (Fsp3) is 0.370. The van der Waals surface area contributed by atoms with Crippen LogP contribution in [0, 0.1) is 0 Å². The molecule has 0 bridgehead atoms. The van der Waals surface area contributed by atoms with Crippen molar-refractivity contribution in [3.05, 3.63) is 70.2 Å². The monoisotopic (exact) mass is 508 g/mol. The second-order valence-electron chi connectivity index (χ2n) is 8.97. The Morgan fingerprint density at radius 3 is 2.70 bits per heavy atom. The normalized spacial score (nSPS) is 13.2. The molecule has 1 aliphatic rings. The number of nitrogens with two attached hydrogens (primary N) is 1. The van der Waals surface area contributed by atoms with Crippen molar-refractivity contribution in [1.29, 1.82) is 0 Å². The molecule has 0 fully saturated rings. The number of primary amides is 1. The number of para-hydroxylation sites is 1. The molecule has 1 aliphatic heterocycles. The Morgan fingerprint density at radius 2 is 2.00 bits per heavy atom. The quantitative estimate of drug-likeness (QED) is 0.422. The van der Waals surface area contributed by atoms with Crippen LogP contribution >= 0.6 is 0 Å². The van der Waals surface area contributed by atoms with E-state index >= 15 is 0 Å². The highest BCUT2D eigenvalue weighted by atomic mass is 16.5. The lowest BCUT2D eigenvalue weighted by Gasteiger charge is -2.16. The lowest BCUT2D eigenvalue weighted by molar-refractivity contribution is -0.120. The summed E-state index contributed by atoms with van der Waals surface area (Å²) >= 11 is 0. The SMILES string of the molecule is COC(=O)N[C@@H](CC/C=C/C(N)=O)C(=O)Cc1cccn(CC2=Nc3c(cccc3OC(C)C)C2)c1=O. The summed E-state index contributed by atoms with van der Waals surface area (Å²) in [4.78, 5) is 53.5. The van der Waals surface area contributed by atoms with Crippen molar-refractivity contribution in [1.82, 2.24) is 9.88 Å². The molecule has 0 spiro atoms. The molecule has 37 heavy (non-hydrogen) atoms. The number of rotatable bonds is 12. The predicted molar refractivity (Wildman–Crippen MR) is 139 cm³/mol. The van der Waals surface area contributed by atoms with Crippen molar-refractivity contribution in [3.63, 3.8) is 0 Å². The van der Waals surface area contributed by atoms with E-state index in [0.717, 1.165) is 17.0 Å². The standard InChI is InChI=1S/C27H32N4O6/c1-17(2)37-23-11-6-8-18-14-20(29-25(18)23)16-31-13-7-9-19(26(31)34)15-22(32)21(30-27(35)36-3)10-4-5-12-24(28)33/h5-9,11-13,17,21H,4,10,14-16H2,1-3H3,(H2,28,33)(H,30,35)/b12-5+/t21-/m0/s1. The Balaban J connectivity index is 1.74. The fourth-order valence-corrected chi connectivity index (χ4v) is 4.03. The molecule has 3 N–H and O–H groups in total. The molecule has 10 nitrogen and oxygen atoms in total. The predicted octanol–water partition coefficient (Wildman–Crippen LogP) is 2.62. The Hall–Kier alpha value is -4.21. The summed E-state index contributed by atoms with van der Waals surface area (Å²) in [5.41, 5.74) is 7.71. The van der Waals surface area contributed by atoms with E-state index in [9.17, 15) is 19.2 Å². The van der Waals surface area contributed by atoms with Gasteiger partial charge in [0.25, 0.3) is 5.56 Å². The van der Waals surface area contributed by atoms with Crippen molar-refractivity contribution in [2.75, 3.05) is 7.11 Å². The van der Waals surface area contributed by atoms with Crippen molar-refractivity contribution in [3.8, 4) is 5.75 Å². The lowest BCUT2D eigenvalue weighted by Crippen LogP contribution is -2.42. The molecule has 2 aromatic rings. The van der Waals surface area contributed by atoms with Crippen LogP contribution in [-0.4, -0.2) is 47.3 Å². The summed E-state index contributed by atoms with van der Waals surface area (Å²) in [7, 11) is 1.20. The number of methoxy groups -OCH3 is 1. The molecule has 2 heterocycles. The number of aliphatic imine (C=N–C) groups is 1. The molecule has 0 unspecified atom stereocenters. The third kappa shape index (κ3) is 7.63. The molecule has 1 aromatic heterocycles. The molecule has 1 aromatic carbocycles. The minimum atomic E-state index is -0.897. The van der Waals surface area contributed by atoms with Gasteiger partial charge in [0.15, 0.2) is 5.78 Å². The molecule has 0 saturated heterocycles. The van der Waals surface area contributed by atoms with Gasteiger partial charge in [-0.05, 0) is 50.5 Å². The van der Waals surface area contributed by atoms with Crippen molar-refractivity contribution < 1.29 is 23.9 Å². The van der Waals surface area contributed by atoms with Gasteiger partial charge in [-0.2, -0.15) is 0 Å². The Kier molecular flexibility index (Phi) is 9.37. The number of carbonyl (C=O) groups excluding carboxylic acids is 3. The van der Waals surface area contributed by atoms with Gasteiger partial charge in [-0.15, -0.1) is 0 Å². The highest BCUT2D eigenvalue weighted by Crippen LogP contribution is 2.37. The number of hydrogen-bond donors (Lipinski definition) is 2. The summed E-state index contributed by atoms with van der Waals surface area (Å²) < 4.78 is 12.0. The number of fused-ring (bicyclic) bond motifs is 1. The van der Waals surface area contributed by atoms with E-state index in [2.05, 4.69) is 10.1 Å². The Morgan fingerprint density at radius 1 is 1.22 bits per heavy atom. The first-order valence-electron chi connectivity index (χ1n) is 12.0. The highest BCUT2D eigenvalue weighted by molar-refractivity contribution is 5.95. The molecule has 3 rings (SSSR count). The maximum Gasteiger partial charge on any atom is 0.407 e. The summed E-state index contributed by atoms with van der Waals surface area (Å²) in [6, 6.07) is 8.20. The number of ether oxygens (including phenoxy) is 2. The van der Waals surface area contributed by atoms with E-state index in [-0.39, 0.29) is 36.8 Å². The van der Waals surface area contributed by atoms with Crippen LogP contribution < -0.4 is 21.3 Å². The van der Waals surface area contributed by atoms with Gasteiger partial charge in [-0.3, -0.25) is 19.4 Å². The largest absolute Gasteiger partial charge is 0.489 e. The molecule has 196 valence electrons. The first-order valence-corrected chi connectivity index (χ1v) is 12.0. The molecular formula is C27H32N4O6. The van der Waals surface area contributed by atoms with Gasteiger partial charge in [-0.25, -0.2) is 4.79 Å². The van der Waals surface area contributed by atoms with Crippen molar-refractivity contribution in [2.45, 2.75) is 58.2 Å². The van der Waals surface area contributed by atoms with Crippen molar-refractivity contribution in [2.24, 2.45) is 10.7 Å². The van der Waals surface area contributed by atoms with Gasteiger partial charge in [-0.1, -0.05) is 24.3 Å². The molecule has 0 saturated carbocycles. The van der Waals surface area contributed by atoms with Crippen LogP contribution in [0.4, 0.5) is 10.5 Å². The fourth-order valence-electron chi connectivity index (χ4n) is 4.03. The van der Waals surface area contributed by atoms with Crippen LogP contribution in [0.3, 0.4) is 0 Å². The van der Waals surface area contributed by atoms with Crippen LogP contribution in [0.5, 0.6) is 5.75 Å². The number of carbonyl (C=O) groups is 3.